The molecule has 1 aromatic carbocycles. The second kappa shape index (κ2) is 10.4. The summed E-state index contributed by atoms with van der Waals surface area (Å²) in [7, 11) is 0. The molecule has 3 rings (SSSR count). The fourth-order valence-electron chi connectivity index (χ4n) is 3.62. The van der Waals surface area contributed by atoms with Crippen molar-refractivity contribution in [1.29, 1.82) is 0 Å². The standard InChI is InChI=1S/C20H27FN4O6S/c1-13(2)25(20(29)32)30-12-15-10-24(19(28)31-15)14-3-4-17(16(21)9-14)22-5-7-23(8-6-22)18(27)11-26/h3-4,9,13,15,26H,5-8,10-12H2,1-2H3,(H,29,32)/t15-/m0/s1. The van der Waals surface area contributed by atoms with Gasteiger partial charge in [0, 0.05) is 26.2 Å². The van der Waals surface area contributed by atoms with Gasteiger partial charge in [-0.15, -0.1) is 0 Å². The smallest absolute Gasteiger partial charge is 0.414 e. The third-order valence-corrected chi connectivity index (χ3v) is 5.48. The van der Waals surface area contributed by atoms with Gasteiger partial charge in [0.15, 0.2) is 0 Å². The minimum atomic E-state index is -0.629. The molecule has 1 atom stereocenters. The summed E-state index contributed by atoms with van der Waals surface area (Å²) in [4.78, 5) is 45.4. The summed E-state index contributed by atoms with van der Waals surface area (Å²) < 4.78 is 20.1. The van der Waals surface area contributed by atoms with Crippen LogP contribution in [0.4, 0.5) is 25.4 Å². The van der Waals surface area contributed by atoms with Gasteiger partial charge >= 0.3 is 11.3 Å². The number of hydrogen-bond acceptors (Lipinski definition) is 7. The van der Waals surface area contributed by atoms with Gasteiger partial charge in [-0.05, 0) is 32.0 Å². The summed E-state index contributed by atoms with van der Waals surface area (Å²) in [6, 6.07) is 4.25. The third-order valence-electron chi connectivity index (χ3n) is 5.28. The lowest BCUT2D eigenvalue weighted by Crippen LogP contribution is -2.49. The first-order chi connectivity index (χ1) is 15.2. The fraction of sp³-hybridized carbons (Fsp3) is 0.550. The molecule has 0 radical (unpaired) electrons. The Labute approximate surface area is 190 Å². The zero-order valence-electron chi connectivity index (χ0n) is 17.9. The van der Waals surface area contributed by atoms with Crippen LogP contribution in [0.1, 0.15) is 13.8 Å². The second-order valence-corrected chi connectivity index (χ2v) is 8.16. The van der Waals surface area contributed by atoms with Crippen molar-refractivity contribution in [2.24, 2.45) is 0 Å². The number of rotatable bonds is 7. The van der Waals surface area contributed by atoms with Crippen LogP contribution < -0.4 is 9.80 Å². The molecule has 2 saturated heterocycles. The van der Waals surface area contributed by atoms with E-state index < -0.39 is 29.9 Å². The van der Waals surface area contributed by atoms with Crippen molar-refractivity contribution >= 4 is 41.2 Å². The minimum Gasteiger partial charge on any atom is -0.441 e. The van der Waals surface area contributed by atoms with Gasteiger partial charge in [-0.1, -0.05) is 12.6 Å². The Hall–Kier alpha value is -2.57. The van der Waals surface area contributed by atoms with E-state index in [1.54, 1.807) is 26.0 Å². The predicted octanol–water partition coefficient (Wildman–Crippen LogP) is 1.48. The molecule has 0 spiro atoms. The molecule has 2 aliphatic heterocycles. The van der Waals surface area contributed by atoms with Crippen LogP contribution in [0.3, 0.4) is 0 Å². The highest BCUT2D eigenvalue weighted by atomic mass is 32.1. The number of nitrogens with zero attached hydrogens (tertiary/aromatic N) is 4. The summed E-state index contributed by atoms with van der Waals surface area (Å²) in [6.07, 6.45) is -1.26. The van der Waals surface area contributed by atoms with Gasteiger partial charge in [0.25, 0.3) is 0 Å². The Balaban J connectivity index is 1.60. The molecule has 176 valence electrons. The summed E-state index contributed by atoms with van der Waals surface area (Å²) in [5.74, 6) is -0.842. The number of anilines is 2. The first-order valence-electron chi connectivity index (χ1n) is 10.3. The molecule has 0 unspecified atom stereocenters. The number of carbonyl (C=O) groups excluding carboxylic acids is 3. The zero-order valence-corrected chi connectivity index (χ0v) is 18.8. The summed E-state index contributed by atoms with van der Waals surface area (Å²) in [6.45, 7) is 4.74. The lowest BCUT2D eigenvalue weighted by Gasteiger charge is -2.36. The summed E-state index contributed by atoms with van der Waals surface area (Å²) in [5.41, 5.74) is 0.719. The molecule has 0 bridgehead atoms. The number of aliphatic hydroxyl groups is 1. The molecule has 3 amide bonds. The number of aliphatic hydroxyl groups excluding tert-OH is 1. The molecule has 2 fully saturated rings. The Kier molecular flexibility index (Phi) is 7.80. The highest BCUT2D eigenvalue weighted by molar-refractivity contribution is 7.96. The highest BCUT2D eigenvalue weighted by Crippen LogP contribution is 2.28. The van der Waals surface area contributed by atoms with Gasteiger partial charge < -0.3 is 19.6 Å². The van der Waals surface area contributed by atoms with Crippen LogP contribution in [0.15, 0.2) is 18.2 Å². The maximum atomic E-state index is 14.8. The highest BCUT2D eigenvalue weighted by Gasteiger charge is 2.34. The summed E-state index contributed by atoms with van der Waals surface area (Å²) in [5, 5.41) is 9.49. The number of piperazine rings is 1. The van der Waals surface area contributed by atoms with Crippen molar-refractivity contribution in [3.05, 3.63) is 24.0 Å². The Morgan fingerprint density at radius 3 is 2.56 bits per heavy atom. The van der Waals surface area contributed by atoms with Crippen molar-refractivity contribution in [2.75, 3.05) is 55.7 Å². The number of ether oxygens (including phenoxy) is 1. The quantitative estimate of drug-likeness (QED) is 0.460. The van der Waals surface area contributed by atoms with E-state index in [0.29, 0.717) is 37.6 Å². The average Bonchev–Trinajstić information content (AvgIpc) is 3.13. The van der Waals surface area contributed by atoms with Gasteiger partial charge in [-0.3, -0.25) is 19.3 Å². The number of hydrogen-bond donors (Lipinski definition) is 2. The zero-order chi connectivity index (χ0) is 23.4. The van der Waals surface area contributed by atoms with E-state index in [1.807, 2.05) is 4.90 Å². The van der Waals surface area contributed by atoms with Crippen molar-refractivity contribution in [1.82, 2.24) is 9.96 Å². The molecular weight excluding hydrogens is 443 g/mol. The van der Waals surface area contributed by atoms with Crippen LogP contribution >= 0.6 is 12.6 Å². The second-order valence-electron chi connectivity index (χ2n) is 7.78. The SMILES string of the molecule is CC(C)N(OC[C@@H]1CN(c2ccc(N3CCN(C(=O)CO)CC3)c(F)c2)C(=O)O1)C(=O)S. The molecule has 1 N–H and O–H groups in total. The van der Waals surface area contributed by atoms with Crippen LogP contribution in [-0.2, 0) is 14.4 Å². The number of hydroxylamine groups is 2. The van der Waals surface area contributed by atoms with Crippen LogP contribution in [0.5, 0.6) is 0 Å². The number of halogens is 1. The molecule has 32 heavy (non-hydrogen) atoms. The van der Waals surface area contributed by atoms with Gasteiger partial charge in [0.2, 0.25) is 5.91 Å². The van der Waals surface area contributed by atoms with E-state index in [2.05, 4.69) is 12.6 Å². The van der Waals surface area contributed by atoms with Gasteiger partial charge in [0.05, 0.1) is 24.0 Å². The van der Waals surface area contributed by atoms with Crippen LogP contribution in [0.2, 0.25) is 0 Å². The Bertz CT molecular complexity index is 864. The van der Waals surface area contributed by atoms with Crippen LogP contribution in [0, 0.1) is 5.82 Å². The van der Waals surface area contributed by atoms with Crippen LogP contribution in [-0.4, -0.2) is 90.4 Å². The first kappa shape index (κ1) is 24.1. The monoisotopic (exact) mass is 470 g/mol. The number of thiol groups is 1. The van der Waals surface area contributed by atoms with Gasteiger partial charge in [0.1, 0.15) is 25.1 Å². The van der Waals surface area contributed by atoms with E-state index in [4.69, 9.17) is 14.7 Å². The molecular formula is C20H27FN4O6S. The van der Waals surface area contributed by atoms with Crippen molar-refractivity contribution in [3.8, 4) is 0 Å². The maximum absolute atomic E-state index is 14.8. The predicted molar refractivity (Wildman–Crippen MR) is 117 cm³/mol. The third kappa shape index (κ3) is 5.43. The lowest BCUT2D eigenvalue weighted by molar-refractivity contribution is -0.146. The molecule has 1 aromatic rings. The fourth-order valence-corrected chi connectivity index (χ4v) is 3.91. The molecule has 0 saturated carbocycles. The van der Waals surface area contributed by atoms with Crippen molar-refractivity contribution in [2.45, 2.75) is 26.0 Å². The van der Waals surface area contributed by atoms with Crippen LogP contribution in [0.25, 0.3) is 0 Å². The Morgan fingerprint density at radius 1 is 1.31 bits per heavy atom. The minimum absolute atomic E-state index is 0.0376. The molecule has 2 heterocycles. The molecule has 0 aliphatic carbocycles. The maximum Gasteiger partial charge on any atom is 0.414 e. The molecule has 12 heteroatoms. The van der Waals surface area contributed by atoms with E-state index in [-0.39, 0.29) is 25.1 Å². The molecule has 0 aromatic heterocycles. The average molecular weight is 471 g/mol. The van der Waals surface area contributed by atoms with E-state index >= 15 is 0 Å². The largest absolute Gasteiger partial charge is 0.441 e. The Morgan fingerprint density at radius 2 is 2.00 bits per heavy atom. The number of carbonyl (C=O) groups is 3. The molecule has 2 aliphatic rings. The normalized spacial score (nSPS) is 18.9. The lowest BCUT2D eigenvalue weighted by atomic mass is 10.2. The number of cyclic esters (lactones) is 1. The number of benzene rings is 1. The summed E-state index contributed by atoms with van der Waals surface area (Å²) >= 11 is 3.75. The van der Waals surface area contributed by atoms with Crippen molar-refractivity contribution < 1.29 is 33.5 Å². The van der Waals surface area contributed by atoms with Gasteiger partial charge in [-0.2, -0.15) is 0 Å². The topological polar surface area (TPSA) is 103 Å². The molecule has 10 nitrogen and oxygen atoms in total. The van der Waals surface area contributed by atoms with Crippen molar-refractivity contribution in [3.63, 3.8) is 0 Å². The van der Waals surface area contributed by atoms with Gasteiger partial charge in [-0.25, -0.2) is 14.2 Å². The first-order valence-corrected chi connectivity index (χ1v) is 10.7. The van der Waals surface area contributed by atoms with E-state index in [9.17, 15) is 18.8 Å². The number of amides is 3. The van der Waals surface area contributed by atoms with E-state index in [1.165, 1.54) is 15.9 Å². The van der Waals surface area contributed by atoms with E-state index in [0.717, 1.165) is 5.06 Å².